The number of hydrogen-bond acceptors (Lipinski definition) is 3. The van der Waals surface area contributed by atoms with Crippen LogP contribution in [-0.4, -0.2) is 16.5 Å². The summed E-state index contributed by atoms with van der Waals surface area (Å²) in [5.74, 6) is -0.509. The zero-order chi connectivity index (χ0) is 7.56. The molecule has 1 aromatic rings. The predicted octanol–water partition coefficient (Wildman–Crippen LogP) is 0.556. The minimum absolute atomic E-state index is 0.192. The minimum Gasteiger partial charge on any atom is -0.507 e. The molecule has 0 unspecified atom stereocenters. The molecular formula is C7H5O3. The molecule has 3 nitrogen and oxygen atoms in total. The van der Waals surface area contributed by atoms with Crippen LogP contribution in [0.3, 0.4) is 0 Å². The lowest BCUT2D eigenvalue weighted by Gasteiger charge is -1.96. The first kappa shape index (κ1) is 6.61. The molecule has 10 heavy (non-hydrogen) atoms. The van der Waals surface area contributed by atoms with Gasteiger partial charge in [-0.1, -0.05) is 6.07 Å². The van der Waals surface area contributed by atoms with Gasteiger partial charge in [-0.3, -0.25) is 4.79 Å². The van der Waals surface area contributed by atoms with Crippen LogP contribution in [0.1, 0.15) is 5.56 Å². The Morgan fingerprint density at radius 3 is 2.00 bits per heavy atom. The molecule has 0 fully saturated rings. The first-order chi connectivity index (χ1) is 4.75. The van der Waals surface area contributed by atoms with Gasteiger partial charge in [-0.25, -0.2) is 0 Å². The molecule has 1 aromatic carbocycles. The van der Waals surface area contributed by atoms with E-state index in [-0.39, 0.29) is 17.1 Å². The Morgan fingerprint density at radius 2 is 1.70 bits per heavy atom. The van der Waals surface area contributed by atoms with Crippen LogP contribution in [0, 0.1) is 0 Å². The van der Waals surface area contributed by atoms with Gasteiger partial charge in [-0.05, 0) is 12.1 Å². The van der Waals surface area contributed by atoms with Crippen molar-refractivity contribution in [3.05, 3.63) is 23.8 Å². The second-order valence-corrected chi connectivity index (χ2v) is 1.77. The maximum atomic E-state index is 10.0. The summed E-state index contributed by atoms with van der Waals surface area (Å²) in [5.41, 5.74) is -0.192. The van der Waals surface area contributed by atoms with Crippen molar-refractivity contribution in [2.24, 2.45) is 0 Å². The summed E-state index contributed by atoms with van der Waals surface area (Å²) in [6, 6.07) is 4.05. The molecule has 0 aliphatic rings. The highest BCUT2D eigenvalue weighted by atomic mass is 16.3. The molecule has 0 atom stereocenters. The summed E-state index contributed by atoms with van der Waals surface area (Å²) in [4.78, 5) is 10.0. The van der Waals surface area contributed by atoms with Crippen LogP contribution >= 0.6 is 0 Å². The molecule has 0 heterocycles. The molecule has 0 aliphatic heterocycles. The van der Waals surface area contributed by atoms with Crippen molar-refractivity contribution in [2.45, 2.75) is 0 Å². The van der Waals surface area contributed by atoms with Crippen molar-refractivity contribution < 1.29 is 15.0 Å². The van der Waals surface area contributed by atoms with Gasteiger partial charge in [0.1, 0.15) is 17.1 Å². The van der Waals surface area contributed by atoms with Crippen molar-refractivity contribution in [1.82, 2.24) is 0 Å². The van der Waals surface area contributed by atoms with Gasteiger partial charge in [0.25, 0.3) is 0 Å². The van der Waals surface area contributed by atoms with Crippen LogP contribution < -0.4 is 0 Å². The maximum absolute atomic E-state index is 10.0. The minimum atomic E-state index is -0.255. The van der Waals surface area contributed by atoms with E-state index < -0.39 is 0 Å². The quantitative estimate of drug-likeness (QED) is 0.594. The fraction of sp³-hybridized carbons (Fsp3) is 0. The van der Waals surface area contributed by atoms with Crippen LogP contribution in [0.5, 0.6) is 11.5 Å². The number of hydrogen-bond donors (Lipinski definition) is 2. The molecular weight excluding hydrogens is 132 g/mol. The second-order valence-electron chi connectivity index (χ2n) is 1.77. The molecule has 0 aliphatic carbocycles. The van der Waals surface area contributed by atoms with Gasteiger partial charge in [0.15, 0.2) is 0 Å². The average Bonchev–Trinajstić information content (AvgIpc) is 1.88. The third kappa shape index (κ3) is 0.932. The summed E-state index contributed by atoms with van der Waals surface area (Å²) in [5, 5.41) is 17.7. The van der Waals surface area contributed by atoms with E-state index in [4.69, 9.17) is 10.2 Å². The molecule has 2 N–H and O–H groups in total. The lowest BCUT2D eigenvalue weighted by Crippen LogP contribution is -1.81. The van der Waals surface area contributed by atoms with E-state index in [1.807, 2.05) is 0 Å². The fourth-order valence-corrected chi connectivity index (χ4v) is 0.633. The number of benzene rings is 1. The smallest absolute Gasteiger partial charge is 0.241 e. The molecule has 1 radical (unpaired) electrons. The number of carbonyl (C=O) groups excluding carboxylic acids is 1. The molecule has 0 aromatic heterocycles. The van der Waals surface area contributed by atoms with Crippen LogP contribution in [-0.2, 0) is 4.79 Å². The molecule has 1 rings (SSSR count). The number of phenols is 2. The molecule has 51 valence electrons. The number of aromatic hydroxyl groups is 2. The second kappa shape index (κ2) is 2.39. The van der Waals surface area contributed by atoms with E-state index in [1.54, 1.807) is 0 Å². The van der Waals surface area contributed by atoms with Crippen molar-refractivity contribution >= 4 is 6.29 Å². The summed E-state index contributed by atoms with van der Waals surface area (Å²) in [6.07, 6.45) is 1.41. The standard InChI is InChI=1S/C7H5O3/c8-4-5-6(9)2-1-3-7(5)10/h1-3,9-10H. The summed E-state index contributed by atoms with van der Waals surface area (Å²) in [6.45, 7) is 0. The van der Waals surface area contributed by atoms with Crippen molar-refractivity contribution in [3.63, 3.8) is 0 Å². The summed E-state index contributed by atoms with van der Waals surface area (Å²) in [7, 11) is 0. The zero-order valence-corrected chi connectivity index (χ0v) is 5.03. The van der Waals surface area contributed by atoms with Crippen LogP contribution in [0.4, 0.5) is 0 Å². The Morgan fingerprint density at radius 1 is 1.20 bits per heavy atom. The lowest BCUT2D eigenvalue weighted by molar-refractivity contribution is 0.446. The van der Waals surface area contributed by atoms with Gasteiger partial charge in [0.2, 0.25) is 6.29 Å². The Labute approximate surface area is 57.5 Å². The van der Waals surface area contributed by atoms with Gasteiger partial charge in [-0.15, -0.1) is 0 Å². The Bertz CT molecular complexity index is 235. The summed E-state index contributed by atoms with van der Waals surface area (Å²) >= 11 is 0. The third-order valence-electron chi connectivity index (χ3n) is 1.12. The Balaban J connectivity index is 3.30. The predicted molar refractivity (Wildman–Crippen MR) is 34.6 cm³/mol. The number of phenolic OH excluding ortho intramolecular Hbond substituents is 2. The van der Waals surface area contributed by atoms with E-state index in [0.29, 0.717) is 0 Å². The Kier molecular flexibility index (Phi) is 1.58. The van der Waals surface area contributed by atoms with E-state index in [0.717, 1.165) is 0 Å². The molecule has 0 saturated heterocycles. The van der Waals surface area contributed by atoms with Crippen molar-refractivity contribution in [2.75, 3.05) is 0 Å². The highest BCUT2D eigenvalue weighted by Crippen LogP contribution is 2.23. The van der Waals surface area contributed by atoms with E-state index >= 15 is 0 Å². The normalized spacial score (nSPS) is 9.20. The van der Waals surface area contributed by atoms with E-state index in [1.165, 1.54) is 24.5 Å². The van der Waals surface area contributed by atoms with E-state index in [9.17, 15) is 4.79 Å². The van der Waals surface area contributed by atoms with Gasteiger partial charge < -0.3 is 10.2 Å². The first-order valence-electron chi connectivity index (χ1n) is 2.65. The highest BCUT2D eigenvalue weighted by Gasteiger charge is 2.04. The maximum Gasteiger partial charge on any atom is 0.241 e. The third-order valence-corrected chi connectivity index (χ3v) is 1.12. The molecule has 0 spiro atoms. The van der Waals surface area contributed by atoms with E-state index in [2.05, 4.69) is 0 Å². The zero-order valence-electron chi connectivity index (χ0n) is 5.03. The monoisotopic (exact) mass is 137 g/mol. The van der Waals surface area contributed by atoms with Crippen molar-refractivity contribution in [1.29, 1.82) is 0 Å². The van der Waals surface area contributed by atoms with Gasteiger partial charge in [-0.2, -0.15) is 0 Å². The lowest BCUT2D eigenvalue weighted by atomic mass is 10.2. The first-order valence-corrected chi connectivity index (χ1v) is 2.65. The van der Waals surface area contributed by atoms with Gasteiger partial charge in [0.05, 0.1) is 0 Å². The van der Waals surface area contributed by atoms with Gasteiger partial charge in [0, 0.05) is 0 Å². The SMILES string of the molecule is O=[C]c1c(O)cccc1O. The van der Waals surface area contributed by atoms with Crippen molar-refractivity contribution in [3.8, 4) is 11.5 Å². The fourth-order valence-electron chi connectivity index (χ4n) is 0.633. The summed E-state index contributed by atoms with van der Waals surface area (Å²) < 4.78 is 0. The topological polar surface area (TPSA) is 57.5 Å². The molecule has 3 heteroatoms. The highest BCUT2D eigenvalue weighted by molar-refractivity contribution is 5.83. The largest absolute Gasteiger partial charge is 0.507 e. The number of rotatable bonds is 1. The molecule has 0 bridgehead atoms. The molecule has 0 amide bonds. The van der Waals surface area contributed by atoms with Crippen LogP contribution in [0.15, 0.2) is 18.2 Å². The van der Waals surface area contributed by atoms with Crippen LogP contribution in [0.25, 0.3) is 0 Å². The van der Waals surface area contributed by atoms with Crippen LogP contribution in [0.2, 0.25) is 0 Å². The Hall–Kier alpha value is -1.51. The average molecular weight is 137 g/mol. The molecule has 0 saturated carbocycles. The van der Waals surface area contributed by atoms with Gasteiger partial charge >= 0.3 is 0 Å².